The van der Waals surface area contributed by atoms with E-state index >= 15 is 0 Å². The van der Waals surface area contributed by atoms with E-state index in [1.165, 1.54) is 16.8 Å². The Morgan fingerprint density at radius 1 is 1.22 bits per heavy atom. The van der Waals surface area contributed by atoms with Crippen LogP contribution in [0.25, 0.3) is 5.69 Å². The number of nitrogens with one attached hydrogen (secondary N) is 1. The molecule has 23 heavy (non-hydrogen) atoms. The molecular formula is C16H12ClFN4O. The third kappa shape index (κ3) is 3.22. The first-order chi connectivity index (χ1) is 11.0. The molecule has 0 aliphatic rings. The van der Waals surface area contributed by atoms with Crippen LogP contribution in [0.4, 0.5) is 10.1 Å². The van der Waals surface area contributed by atoms with E-state index in [1.54, 1.807) is 43.3 Å². The Kier molecular flexibility index (Phi) is 4.08. The number of aromatic nitrogens is 3. The van der Waals surface area contributed by atoms with Gasteiger partial charge in [0.2, 0.25) is 0 Å². The smallest absolute Gasteiger partial charge is 0.278 e. The number of hydrogen-bond acceptors (Lipinski definition) is 3. The molecule has 1 aromatic heterocycles. The summed E-state index contributed by atoms with van der Waals surface area (Å²) in [6.07, 6.45) is 0. The van der Waals surface area contributed by atoms with Crippen LogP contribution < -0.4 is 5.32 Å². The molecular weight excluding hydrogens is 319 g/mol. The minimum atomic E-state index is -0.391. The fraction of sp³-hybridized carbons (Fsp3) is 0.0625. The molecule has 2 aromatic carbocycles. The van der Waals surface area contributed by atoms with Gasteiger partial charge in [-0.05, 0) is 49.4 Å². The van der Waals surface area contributed by atoms with E-state index < -0.39 is 5.91 Å². The lowest BCUT2D eigenvalue weighted by atomic mass is 10.2. The molecule has 1 amide bonds. The quantitative estimate of drug-likeness (QED) is 0.798. The molecule has 0 bridgehead atoms. The Morgan fingerprint density at radius 3 is 2.65 bits per heavy atom. The fourth-order valence-corrected chi connectivity index (χ4v) is 2.31. The van der Waals surface area contributed by atoms with E-state index in [1.807, 2.05) is 0 Å². The number of anilines is 1. The molecule has 0 aliphatic heterocycles. The van der Waals surface area contributed by atoms with Crippen molar-refractivity contribution in [1.82, 2.24) is 15.0 Å². The minimum absolute atomic E-state index is 0.189. The Labute approximate surface area is 136 Å². The fourth-order valence-electron chi connectivity index (χ4n) is 2.12. The minimum Gasteiger partial charge on any atom is -0.320 e. The molecule has 1 N–H and O–H groups in total. The number of carbonyl (C=O) groups is 1. The normalized spacial score (nSPS) is 10.6. The highest BCUT2D eigenvalue weighted by Gasteiger charge is 2.17. The van der Waals surface area contributed by atoms with E-state index in [0.717, 1.165) is 0 Å². The summed E-state index contributed by atoms with van der Waals surface area (Å²) in [6.45, 7) is 1.72. The molecule has 0 atom stereocenters. The SMILES string of the molecule is Cc1c(C(=O)Nc2cccc(Cl)c2)nnn1-c1ccc(F)cc1. The molecule has 3 rings (SSSR count). The summed E-state index contributed by atoms with van der Waals surface area (Å²) < 4.78 is 14.5. The van der Waals surface area contributed by atoms with Crippen molar-refractivity contribution in [3.8, 4) is 5.69 Å². The first-order valence-corrected chi connectivity index (χ1v) is 7.17. The van der Waals surface area contributed by atoms with Gasteiger partial charge in [-0.2, -0.15) is 0 Å². The van der Waals surface area contributed by atoms with Crippen LogP contribution in [0.5, 0.6) is 0 Å². The number of benzene rings is 2. The Balaban J connectivity index is 1.86. The molecule has 0 aliphatic carbocycles. The molecule has 5 nitrogen and oxygen atoms in total. The lowest BCUT2D eigenvalue weighted by molar-refractivity contribution is 0.102. The van der Waals surface area contributed by atoms with Crippen molar-refractivity contribution in [3.05, 3.63) is 70.8 Å². The summed E-state index contributed by atoms with van der Waals surface area (Å²) in [4.78, 5) is 12.3. The van der Waals surface area contributed by atoms with Gasteiger partial charge < -0.3 is 5.32 Å². The topological polar surface area (TPSA) is 59.8 Å². The molecule has 3 aromatic rings. The average molecular weight is 331 g/mol. The van der Waals surface area contributed by atoms with Gasteiger partial charge in [0.05, 0.1) is 11.4 Å². The van der Waals surface area contributed by atoms with Crippen molar-refractivity contribution in [2.24, 2.45) is 0 Å². The number of amides is 1. The first kappa shape index (κ1) is 15.2. The standard InChI is InChI=1S/C16H12ClFN4O/c1-10-15(16(23)19-13-4-2-3-11(17)9-13)20-21-22(10)14-7-5-12(18)6-8-14/h2-9H,1H3,(H,19,23). The molecule has 0 fully saturated rings. The zero-order valence-electron chi connectivity index (χ0n) is 12.1. The zero-order valence-corrected chi connectivity index (χ0v) is 12.9. The van der Waals surface area contributed by atoms with Crippen molar-refractivity contribution in [2.75, 3.05) is 5.32 Å². The predicted octanol–water partition coefficient (Wildman–Crippen LogP) is 3.62. The summed E-state index contributed by atoms with van der Waals surface area (Å²) in [5, 5.41) is 11.1. The van der Waals surface area contributed by atoms with Gasteiger partial charge in [0.15, 0.2) is 5.69 Å². The van der Waals surface area contributed by atoms with Crippen molar-refractivity contribution in [2.45, 2.75) is 6.92 Å². The maximum absolute atomic E-state index is 13.0. The van der Waals surface area contributed by atoms with Crippen LogP contribution in [-0.4, -0.2) is 20.9 Å². The molecule has 0 spiro atoms. The van der Waals surface area contributed by atoms with Gasteiger partial charge in [-0.15, -0.1) is 5.10 Å². The van der Waals surface area contributed by atoms with Crippen LogP contribution in [-0.2, 0) is 0 Å². The lowest BCUT2D eigenvalue weighted by Crippen LogP contribution is -2.14. The summed E-state index contributed by atoms with van der Waals surface area (Å²) in [5.41, 5.74) is 1.93. The van der Waals surface area contributed by atoms with E-state index in [-0.39, 0.29) is 11.5 Å². The maximum atomic E-state index is 13.0. The average Bonchev–Trinajstić information content (AvgIpc) is 2.90. The Morgan fingerprint density at radius 2 is 1.96 bits per heavy atom. The van der Waals surface area contributed by atoms with Crippen LogP contribution in [0, 0.1) is 12.7 Å². The second-order valence-electron chi connectivity index (χ2n) is 4.88. The molecule has 0 radical (unpaired) electrons. The number of nitrogens with zero attached hydrogens (tertiary/aromatic N) is 3. The molecule has 0 saturated carbocycles. The highest BCUT2D eigenvalue weighted by molar-refractivity contribution is 6.30. The third-order valence-corrected chi connectivity index (χ3v) is 3.50. The van der Waals surface area contributed by atoms with Gasteiger partial charge in [-0.1, -0.05) is 22.9 Å². The number of rotatable bonds is 3. The van der Waals surface area contributed by atoms with E-state index in [9.17, 15) is 9.18 Å². The summed E-state index contributed by atoms with van der Waals surface area (Å²) in [6, 6.07) is 12.6. The summed E-state index contributed by atoms with van der Waals surface area (Å²) in [5.74, 6) is -0.733. The van der Waals surface area contributed by atoms with Crippen LogP contribution in [0.2, 0.25) is 5.02 Å². The summed E-state index contributed by atoms with van der Waals surface area (Å²) >= 11 is 5.89. The van der Waals surface area contributed by atoms with Crippen molar-refractivity contribution >= 4 is 23.2 Å². The highest BCUT2D eigenvalue weighted by Crippen LogP contribution is 2.17. The van der Waals surface area contributed by atoms with Gasteiger partial charge in [0.1, 0.15) is 5.82 Å². The third-order valence-electron chi connectivity index (χ3n) is 3.26. The van der Waals surface area contributed by atoms with E-state index in [2.05, 4.69) is 15.6 Å². The van der Waals surface area contributed by atoms with Gasteiger partial charge in [0.25, 0.3) is 5.91 Å². The van der Waals surface area contributed by atoms with Crippen molar-refractivity contribution in [1.29, 1.82) is 0 Å². The molecule has 1 heterocycles. The molecule has 0 saturated heterocycles. The van der Waals surface area contributed by atoms with Gasteiger partial charge >= 0.3 is 0 Å². The van der Waals surface area contributed by atoms with Crippen molar-refractivity contribution < 1.29 is 9.18 Å². The number of carbonyl (C=O) groups excluding carboxylic acids is 1. The van der Waals surface area contributed by atoms with Gasteiger partial charge in [-0.25, -0.2) is 9.07 Å². The molecule has 116 valence electrons. The molecule has 0 unspecified atom stereocenters. The van der Waals surface area contributed by atoms with E-state index in [0.29, 0.717) is 22.1 Å². The van der Waals surface area contributed by atoms with E-state index in [4.69, 9.17) is 11.6 Å². The van der Waals surface area contributed by atoms with Gasteiger partial charge in [0, 0.05) is 10.7 Å². The maximum Gasteiger partial charge on any atom is 0.278 e. The predicted molar refractivity (Wildman–Crippen MR) is 85.5 cm³/mol. The largest absolute Gasteiger partial charge is 0.320 e. The second-order valence-corrected chi connectivity index (χ2v) is 5.31. The molecule has 7 heteroatoms. The monoisotopic (exact) mass is 330 g/mol. The highest BCUT2D eigenvalue weighted by atomic mass is 35.5. The Hall–Kier alpha value is -2.73. The summed E-state index contributed by atoms with van der Waals surface area (Å²) in [7, 11) is 0. The number of hydrogen-bond donors (Lipinski definition) is 1. The Bertz CT molecular complexity index is 861. The van der Waals surface area contributed by atoms with Crippen LogP contribution in [0.1, 0.15) is 16.2 Å². The lowest BCUT2D eigenvalue weighted by Gasteiger charge is -2.05. The van der Waals surface area contributed by atoms with Crippen molar-refractivity contribution in [3.63, 3.8) is 0 Å². The van der Waals surface area contributed by atoms with Crippen LogP contribution in [0.3, 0.4) is 0 Å². The second kappa shape index (κ2) is 6.18. The number of halogens is 2. The first-order valence-electron chi connectivity index (χ1n) is 6.80. The van der Waals surface area contributed by atoms with Gasteiger partial charge in [-0.3, -0.25) is 4.79 Å². The van der Waals surface area contributed by atoms with Crippen LogP contribution in [0.15, 0.2) is 48.5 Å². The van der Waals surface area contributed by atoms with Crippen LogP contribution >= 0.6 is 11.6 Å². The zero-order chi connectivity index (χ0) is 16.4.